The summed E-state index contributed by atoms with van der Waals surface area (Å²) in [5.74, 6) is 1.68. The molecule has 108 valence electrons. The van der Waals surface area contributed by atoms with E-state index in [2.05, 4.69) is 24.3 Å². The largest absolute Gasteiger partial charge is 0.370 e. The van der Waals surface area contributed by atoms with Crippen LogP contribution in [0.25, 0.3) is 0 Å². The van der Waals surface area contributed by atoms with Gasteiger partial charge in [-0.1, -0.05) is 38.3 Å². The molecule has 0 amide bonds. The monoisotopic (exact) mass is 266 g/mol. The first kappa shape index (κ1) is 14.5. The maximum Gasteiger partial charge on any atom is 0.162 e. The summed E-state index contributed by atoms with van der Waals surface area (Å²) in [6, 6.07) is 1.99. The van der Waals surface area contributed by atoms with Crippen molar-refractivity contribution in [2.24, 2.45) is 5.92 Å². The summed E-state index contributed by atoms with van der Waals surface area (Å²) in [7, 11) is 0. The lowest BCUT2D eigenvalue weighted by Gasteiger charge is -2.28. The molecule has 0 aromatic carbocycles. The summed E-state index contributed by atoms with van der Waals surface area (Å²) in [5.41, 5.74) is 0.954. The molecular weight excluding hydrogens is 240 g/mol. The van der Waals surface area contributed by atoms with Crippen molar-refractivity contribution in [1.29, 1.82) is 0 Å². The van der Waals surface area contributed by atoms with Crippen LogP contribution in [0.2, 0.25) is 0 Å². The predicted molar refractivity (Wildman–Crippen MR) is 74.7 cm³/mol. The molecule has 19 heavy (non-hydrogen) atoms. The number of aromatic nitrogens is 1. The third-order valence-electron chi connectivity index (χ3n) is 3.94. The van der Waals surface area contributed by atoms with Gasteiger partial charge in [0.1, 0.15) is 6.61 Å². The fraction of sp³-hybridized carbons (Fsp3) is 0.800. The van der Waals surface area contributed by atoms with Crippen LogP contribution in [0, 0.1) is 5.92 Å². The highest BCUT2D eigenvalue weighted by molar-refractivity contribution is 5.04. The van der Waals surface area contributed by atoms with Crippen molar-refractivity contribution in [3.63, 3.8) is 0 Å². The minimum atomic E-state index is 0.404. The van der Waals surface area contributed by atoms with Gasteiger partial charge in [-0.2, -0.15) is 0 Å². The van der Waals surface area contributed by atoms with Crippen molar-refractivity contribution in [2.45, 2.75) is 65.2 Å². The van der Waals surface area contributed by atoms with Gasteiger partial charge >= 0.3 is 0 Å². The second-order valence-electron chi connectivity index (χ2n) is 5.44. The fourth-order valence-corrected chi connectivity index (χ4v) is 2.72. The van der Waals surface area contributed by atoms with Gasteiger partial charge in [0.25, 0.3) is 0 Å². The van der Waals surface area contributed by atoms with E-state index in [1.165, 1.54) is 32.1 Å². The van der Waals surface area contributed by atoms with E-state index in [4.69, 9.17) is 9.26 Å². The zero-order valence-corrected chi connectivity index (χ0v) is 12.2. The summed E-state index contributed by atoms with van der Waals surface area (Å²) in [6.07, 6.45) is 6.73. The molecule has 0 bridgehead atoms. The van der Waals surface area contributed by atoms with Crippen LogP contribution in [0.4, 0.5) is 0 Å². The smallest absolute Gasteiger partial charge is 0.162 e. The van der Waals surface area contributed by atoms with Crippen LogP contribution >= 0.6 is 0 Å². The minimum absolute atomic E-state index is 0.404. The quantitative estimate of drug-likeness (QED) is 0.823. The molecule has 1 N–H and O–H groups in total. The zero-order valence-electron chi connectivity index (χ0n) is 12.2. The summed E-state index contributed by atoms with van der Waals surface area (Å²) in [4.78, 5) is 0. The molecule has 2 atom stereocenters. The summed E-state index contributed by atoms with van der Waals surface area (Å²) in [5, 5.41) is 7.26. The average molecular weight is 266 g/mol. The van der Waals surface area contributed by atoms with E-state index in [1.54, 1.807) is 0 Å². The second-order valence-corrected chi connectivity index (χ2v) is 5.44. The van der Waals surface area contributed by atoms with Crippen molar-refractivity contribution >= 4 is 0 Å². The van der Waals surface area contributed by atoms with Crippen LogP contribution in [0.5, 0.6) is 0 Å². The van der Waals surface area contributed by atoms with Crippen molar-refractivity contribution in [1.82, 2.24) is 10.5 Å². The van der Waals surface area contributed by atoms with Gasteiger partial charge in [-0.05, 0) is 25.3 Å². The Hall–Kier alpha value is -0.870. The predicted octanol–water partition coefficient (Wildman–Crippen LogP) is 3.27. The van der Waals surface area contributed by atoms with Gasteiger partial charge in [0, 0.05) is 12.6 Å². The van der Waals surface area contributed by atoms with E-state index in [-0.39, 0.29) is 0 Å². The van der Waals surface area contributed by atoms with E-state index >= 15 is 0 Å². The van der Waals surface area contributed by atoms with Crippen molar-refractivity contribution in [2.75, 3.05) is 6.54 Å². The van der Waals surface area contributed by atoms with Crippen molar-refractivity contribution in [3.8, 4) is 0 Å². The fourth-order valence-electron chi connectivity index (χ4n) is 2.72. The van der Waals surface area contributed by atoms with Crippen LogP contribution in [0.1, 0.15) is 57.4 Å². The number of hydrogen-bond donors (Lipinski definition) is 1. The zero-order chi connectivity index (χ0) is 13.5. The van der Waals surface area contributed by atoms with Gasteiger partial charge in [0.05, 0.1) is 11.8 Å². The first-order chi connectivity index (χ1) is 9.31. The molecule has 1 saturated carbocycles. The van der Waals surface area contributed by atoms with E-state index in [9.17, 15) is 0 Å². The Labute approximate surface area is 115 Å². The Morgan fingerprint density at radius 1 is 1.42 bits per heavy atom. The van der Waals surface area contributed by atoms with Gasteiger partial charge in [-0.25, -0.2) is 0 Å². The van der Waals surface area contributed by atoms with Crippen LogP contribution in [0.3, 0.4) is 0 Å². The van der Waals surface area contributed by atoms with Crippen molar-refractivity contribution < 1.29 is 9.26 Å². The van der Waals surface area contributed by atoms with Gasteiger partial charge in [-0.3, -0.25) is 0 Å². The van der Waals surface area contributed by atoms with Crippen LogP contribution in [0.15, 0.2) is 10.6 Å². The molecule has 2 rings (SSSR count). The standard InChI is InChI=1S/C15H26N2O2/c1-3-12-6-5-7-14(8-12)18-11-15-9-13(17-19-15)10-16-4-2/h9,12,14,16H,3-8,10-11H2,1-2H3. The molecule has 1 aromatic rings. The Morgan fingerprint density at radius 2 is 2.32 bits per heavy atom. The Morgan fingerprint density at radius 3 is 3.11 bits per heavy atom. The number of nitrogens with zero attached hydrogens (tertiary/aromatic N) is 1. The molecule has 0 saturated heterocycles. The molecule has 2 unspecified atom stereocenters. The molecule has 1 heterocycles. The van der Waals surface area contributed by atoms with E-state index in [0.29, 0.717) is 12.7 Å². The van der Waals surface area contributed by atoms with Crippen LogP contribution in [-0.4, -0.2) is 17.8 Å². The molecule has 1 aliphatic carbocycles. The Balaban J connectivity index is 1.73. The maximum absolute atomic E-state index is 5.96. The third-order valence-corrected chi connectivity index (χ3v) is 3.94. The summed E-state index contributed by atoms with van der Waals surface area (Å²) in [6.45, 7) is 6.62. The van der Waals surface area contributed by atoms with Crippen LogP contribution < -0.4 is 5.32 Å². The third kappa shape index (κ3) is 4.62. The molecule has 0 radical (unpaired) electrons. The molecule has 4 heteroatoms. The summed E-state index contributed by atoms with van der Waals surface area (Å²) >= 11 is 0. The van der Waals surface area contributed by atoms with Crippen LogP contribution in [-0.2, 0) is 17.9 Å². The highest BCUT2D eigenvalue weighted by Gasteiger charge is 2.21. The molecule has 4 nitrogen and oxygen atoms in total. The Bertz CT molecular complexity index is 365. The van der Waals surface area contributed by atoms with E-state index in [0.717, 1.165) is 30.5 Å². The molecule has 1 aromatic heterocycles. The molecule has 0 aliphatic heterocycles. The van der Waals surface area contributed by atoms with Gasteiger partial charge in [0.2, 0.25) is 0 Å². The molecular formula is C15H26N2O2. The molecule has 0 spiro atoms. The van der Waals surface area contributed by atoms with Gasteiger partial charge < -0.3 is 14.6 Å². The lowest BCUT2D eigenvalue weighted by molar-refractivity contribution is -0.00711. The normalized spacial score (nSPS) is 23.7. The second kappa shape index (κ2) is 7.65. The minimum Gasteiger partial charge on any atom is -0.370 e. The highest BCUT2D eigenvalue weighted by atomic mass is 16.5. The lowest BCUT2D eigenvalue weighted by atomic mass is 9.85. The van der Waals surface area contributed by atoms with Crippen molar-refractivity contribution in [3.05, 3.63) is 17.5 Å². The first-order valence-corrected chi connectivity index (χ1v) is 7.58. The van der Waals surface area contributed by atoms with Gasteiger partial charge in [-0.15, -0.1) is 0 Å². The number of hydrogen-bond acceptors (Lipinski definition) is 4. The topological polar surface area (TPSA) is 47.3 Å². The SMILES string of the molecule is CCNCc1cc(COC2CCCC(CC)C2)on1. The Kier molecular flexibility index (Phi) is 5.86. The number of rotatable bonds is 7. The summed E-state index contributed by atoms with van der Waals surface area (Å²) < 4.78 is 11.3. The maximum atomic E-state index is 5.96. The average Bonchev–Trinajstić information content (AvgIpc) is 2.91. The molecule has 1 fully saturated rings. The van der Waals surface area contributed by atoms with E-state index < -0.39 is 0 Å². The highest BCUT2D eigenvalue weighted by Crippen LogP contribution is 2.28. The first-order valence-electron chi connectivity index (χ1n) is 7.58. The number of ether oxygens (including phenoxy) is 1. The van der Waals surface area contributed by atoms with E-state index in [1.807, 2.05) is 6.07 Å². The lowest BCUT2D eigenvalue weighted by Crippen LogP contribution is -2.22. The number of nitrogens with one attached hydrogen (secondary N) is 1. The molecule has 1 aliphatic rings. The van der Waals surface area contributed by atoms with Gasteiger partial charge in [0.15, 0.2) is 5.76 Å².